The molecule has 1 aliphatic carbocycles. The van der Waals surface area contributed by atoms with Crippen molar-refractivity contribution in [3.05, 3.63) is 0 Å². The molecule has 0 amide bonds. The third-order valence-corrected chi connectivity index (χ3v) is 5.69. The number of hydrogen-bond acceptors (Lipinski definition) is 3. The van der Waals surface area contributed by atoms with Crippen LogP contribution in [0.1, 0.15) is 46.0 Å². The zero-order chi connectivity index (χ0) is 13.9. The van der Waals surface area contributed by atoms with E-state index in [1.807, 2.05) is 0 Å². The fraction of sp³-hybridized carbons (Fsp3) is 1.00. The topological polar surface area (TPSA) is 24.5 Å². The third kappa shape index (κ3) is 3.71. The van der Waals surface area contributed by atoms with Crippen molar-refractivity contribution in [3.8, 4) is 0 Å². The Labute approximate surface area is 119 Å². The molecule has 0 aromatic carbocycles. The molecule has 0 unspecified atom stereocenters. The van der Waals surface area contributed by atoms with E-state index < -0.39 is 0 Å². The molecule has 0 aromatic heterocycles. The molecule has 2 fully saturated rings. The second-order valence-corrected chi connectivity index (χ2v) is 7.08. The van der Waals surface area contributed by atoms with Gasteiger partial charge in [0.1, 0.15) is 0 Å². The molecule has 1 heterocycles. The van der Waals surface area contributed by atoms with Crippen LogP contribution in [0.5, 0.6) is 0 Å². The smallest absolute Gasteiger partial charge is 0.0484 e. The summed E-state index contributed by atoms with van der Waals surface area (Å²) in [6.45, 7) is 7.76. The molecule has 3 heteroatoms. The molecule has 1 saturated heterocycles. The maximum Gasteiger partial charge on any atom is 0.0484 e. The van der Waals surface area contributed by atoms with E-state index in [4.69, 9.17) is 4.74 Å². The van der Waals surface area contributed by atoms with Gasteiger partial charge in [-0.3, -0.25) is 0 Å². The number of nitrogens with zero attached hydrogens (tertiary/aromatic N) is 1. The van der Waals surface area contributed by atoms with Gasteiger partial charge in [-0.1, -0.05) is 13.8 Å². The highest BCUT2D eigenvalue weighted by molar-refractivity contribution is 4.93. The zero-order valence-electron chi connectivity index (χ0n) is 13.2. The Morgan fingerprint density at radius 3 is 2.37 bits per heavy atom. The van der Waals surface area contributed by atoms with E-state index in [1.165, 1.54) is 19.3 Å². The van der Waals surface area contributed by atoms with Gasteiger partial charge in [0.05, 0.1) is 0 Å². The lowest BCUT2D eigenvalue weighted by Crippen LogP contribution is -2.56. The SMILES string of the molecule is C[C@@H]1CC[C@H](NCC2(N(C)C)CCOCC2)C[C@H]1C. The van der Waals surface area contributed by atoms with Gasteiger partial charge in [0.25, 0.3) is 0 Å². The fourth-order valence-electron chi connectivity index (χ4n) is 3.60. The Morgan fingerprint density at radius 2 is 1.79 bits per heavy atom. The predicted molar refractivity (Wildman–Crippen MR) is 80.4 cm³/mol. The minimum atomic E-state index is 0.310. The number of ether oxygens (including phenoxy) is 1. The van der Waals surface area contributed by atoms with Crippen molar-refractivity contribution in [1.29, 1.82) is 0 Å². The molecular weight excluding hydrogens is 236 g/mol. The largest absolute Gasteiger partial charge is 0.381 e. The summed E-state index contributed by atoms with van der Waals surface area (Å²) in [4.78, 5) is 2.41. The van der Waals surface area contributed by atoms with Crippen LogP contribution in [0.2, 0.25) is 0 Å². The highest BCUT2D eigenvalue weighted by Gasteiger charge is 2.35. The van der Waals surface area contributed by atoms with Crippen LogP contribution in [-0.4, -0.2) is 50.3 Å². The Balaban J connectivity index is 1.85. The summed E-state index contributed by atoms with van der Waals surface area (Å²) in [7, 11) is 4.44. The number of nitrogens with one attached hydrogen (secondary N) is 1. The van der Waals surface area contributed by atoms with Crippen molar-refractivity contribution >= 4 is 0 Å². The molecule has 0 spiro atoms. The minimum absolute atomic E-state index is 0.310. The standard InChI is InChI=1S/C16H32N2O/c1-13-5-6-15(11-14(13)2)17-12-16(18(3)4)7-9-19-10-8-16/h13-15,17H,5-12H2,1-4H3/t13-,14-,15+/m1/s1. The van der Waals surface area contributed by atoms with Crippen molar-refractivity contribution in [2.75, 3.05) is 33.9 Å². The van der Waals surface area contributed by atoms with Gasteiger partial charge >= 0.3 is 0 Å². The number of hydrogen-bond donors (Lipinski definition) is 1. The minimum Gasteiger partial charge on any atom is -0.381 e. The zero-order valence-corrected chi connectivity index (χ0v) is 13.2. The Morgan fingerprint density at radius 1 is 1.11 bits per heavy atom. The normalized spacial score (nSPS) is 35.5. The van der Waals surface area contributed by atoms with Crippen molar-refractivity contribution in [3.63, 3.8) is 0 Å². The van der Waals surface area contributed by atoms with Crippen LogP contribution >= 0.6 is 0 Å². The van der Waals surface area contributed by atoms with Gasteiger partial charge in [-0.15, -0.1) is 0 Å². The van der Waals surface area contributed by atoms with Crippen LogP contribution in [-0.2, 0) is 4.74 Å². The van der Waals surface area contributed by atoms with Crippen LogP contribution < -0.4 is 5.32 Å². The summed E-state index contributed by atoms with van der Waals surface area (Å²) < 4.78 is 5.54. The molecule has 1 N–H and O–H groups in total. The summed E-state index contributed by atoms with van der Waals surface area (Å²) in [5.41, 5.74) is 0.310. The van der Waals surface area contributed by atoms with Gasteiger partial charge in [0, 0.05) is 31.3 Å². The monoisotopic (exact) mass is 268 g/mol. The van der Waals surface area contributed by atoms with Crippen molar-refractivity contribution in [1.82, 2.24) is 10.2 Å². The van der Waals surface area contributed by atoms with Gasteiger partial charge in [-0.05, 0) is 58.0 Å². The van der Waals surface area contributed by atoms with Crippen molar-refractivity contribution in [2.24, 2.45) is 11.8 Å². The summed E-state index contributed by atoms with van der Waals surface area (Å²) in [5.74, 6) is 1.78. The molecule has 0 aromatic rings. The number of likely N-dealkylation sites (N-methyl/N-ethyl adjacent to an activating group) is 1. The highest BCUT2D eigenvalue weighted by atomic mass is 16.5. The molecule has 2 aliphatic rings. The maximum atomic E-state index is 5.54. The van der Waals surface area contributed by atoms with E-state index in [0.717, 1.165) is 50.5 Å². The van der Waals surface area contributed by atoms with E-state index >= 15 is 0 Å². The Kier molecular flexibility index (Phi) is 5.27. The fourth-order valence-corrected chi connectivity index (χ4v) is 3.60. The molecule has 2 rings (SSSR count). The molecular formula is C16H32N2O. The van der Waals surface area contributed by atoms with Crippen LogP contribution in [0.3, 0.4) is 0 Å². The molecule has 1 saturated carbocycles. The first-order valence-corrected chi connectivity index (χ1v) is 8.02. The van der Waals surface area contributed by atoms with Crippen molar-refractivity contribution < 1.29 is 4.74 Å². The quantitative estimate of drug-likeness (QED) is 0.848. The van der Waals surface area contributed by atoms with Crippen LogP contribution in [0.4, 0.5) is 0 Å². The van der Waals surface area contributed by atoms with E-state index in [0.29, 0.717) is 5.54 Å². The molecule has 3 atom stereocenters. The third-order valence-electron chi connectivity index (χ3n) is 5.69. The first kappa shape index (κ1) is 15.3. The second-order valence-electron chi connectivity index (χ2n) is 7.08. The first-order valence-electron chi connectivity index (χ1n) is 8.02. The molecule has 112 valence electrons. The molecule has 3 nitrogen and oxygen atoms in total. The molecule has 1 aliphatic heterocycles. The molecule has 0 bridgehead atoms. The second kappa shape index (κ2) is 6.55. The van der Waals surface area contributed by atoms with E-state index in [1.54, 1.807) is 0 Å². The average Bonchev–Trinajstić information content (AvgIpc) is 2.41. The average molecular weight is 268 g/mol. The van der Waals surface area contributed by atoms with E-state index in [9.17, 15) is 0 Å². The van der Waals surface area contributed by atoms with Crippen LogP contribution in [0.15, 0.2) is 0 Å². The van der Waals surface area contributed by atoms with Crippen molar-refractivity contribution in [2.45, 2.75) is 57.5 Å². The van der Waals surface area contributed by atoms with Crippen LogP contribution in [0.25, 0.3) is 0 Å². The van der Waals surface area contributed by atoms with Gasteiger partial charge < -0.3 is 15.0 Å². The lowest BCUT2D eigenvalue weighted by Gasteiger charge is -2.44. The Bertz CT molecular complexity index is 274. The van der Waals surface area contributed by atoms with Crippen LogP contribution in [0, 0.1) is 11.8 Å². The maximum absolute atomic E-state index is 5.54. The lowest BCUT2D eigenvalue weighted by atomic mass is 9.78. The first-order chi connectivity index (χ1) is 9.03. The Hall–Kier alpha value is -0.120. The predicted octanol–water partition coefficient (Wildman–Crippen LogP) is 2.51. The van der Waals surface area contributed by atoms with Gasteiger partial charge in [-0.2, -0.15) is 0 Å². The van der Waals surface area contributed by atoms with Gasteiger partial charge in [0.2, 0.25) is 0 Å². The lowest BCUT2D eigenvalue weighted by molar-refractivity contribution is -0.00940. The van der Waals surface area contributed by atoms with E-state index in [-0.39, 0.29) is 0 Å². The summed E-state index contributed by atoms with van der Waals surface area (Å²) in [5, 5.41) is 3.87. The number of rotatable bonds is 4. The van der Waals surface area contributed by atoms with Gasteiger partial charge in [0.15, 0.2) is 0 Å². The van der Waals surface area contributed by atoms with E-state index in [2.05, 4.69) is 38.2 Å². The summed E-state index contributed by atoms with van der Waals surface area (Å²) in [6.07, 6.45) is 6.40. The summed E-state index contributed by atoms with van der Waals surface area (Å²) in [6, 6.07) is 0.728. The molecule has 0 radical (unpaired) electrons. The molecule has 19 heavy (non-hydrogen) atoms. The summed E-state index contributed by atoms with van der Waals surface area (Å²) >= 11 is 0. The van der Waals surface area contributed by atoms with Gasteiger partial charge in [-0.25, -0.2) is 0 Å². The highest BCUT2D eigenvalue weighted by Crippen LogP contribution is 2.30.